The minimum Gasteiger partial charge on any atom is -0.481 e. The minimum atomic E-state index is -1.16. The van der Waals surface area contributed by atoms with Gasteiger partial charge in [-0.15, -0.1) is 0 Å². The van der Waals surface area contributed by atoms with E-state index in [0.717, 1.165) is 0 Å². The van der Waals surface area contributed by atoms with E-state index >= 15 is 0 Å². The van der Waals surface area contributed by atoms with Crippen LogP contribution in [0.4, 0.5) is 0 Å². The van der Waals surface area contributed by atoms with Crippen molar-refractivity contribution in [1.82, 2.24) is 5.32 Å². The van der Waals surface area contributed by atoms with Gasteiger partial charge in [-0.25, -0.2) is 0 Å². The Morgan fingerprint density at radius 3 is 2.23 bits per heavy atom. The molecule has 22 heavy (non-hydrogen) atoms. The summed E-state index contributed by atoms with van der Waals surface area (Å²) in [5, 5.41) is 29.0. The van der Waals surface area contributed by atoms with Crippen LogP contribution in [0.3, 0.4) is 0 Å². The van der Waals surface area contributed by atoms with E-state index in [-0.39, 0.29) is 18.9 Å². The SMILES string of the molecule is O=C(O)CC(Cc1ccc(C(=O)NCCCO)cc1)C(=O)O. The number of amides is 1. The molecule has 1 atom stereocenters. The second kappa shape index (κ2) is 8.78. The van der Waals surface area contributed by atoms with Crippen molar-refractivity contribution in [2.24, 2.45) is 5.92 Å². The van der Waals surface area contributed by atoms with Gasteiger partial charge >= 0.3 is 11.9 Å². The van der Waals surface area contributed by atoms with Crippen molar-refractivity contribution >= 4 is 17.8 Å². The maximum Gasteiger partial charge on any atom is 0.307 e. The minimum absolute atomic E-state index is 0.000623. The van der Waals surface area contributed by atoms with Gasteiger partial charge < -0.3 is 20.6 Å². The number of hydrogen-bond acceptors (Lipinski definition) is 4. The lowest BCUT2D eigenvalue weighted by molar-refractivity contribution is -0.148. The smallest absolute Gasteiger partial charge is 0.307 e. The van der Waals surface area contributed by atoms with Gasteiger partial charge in [0.05, 0.1) is 12.3 Å². The molecular formula is C15H19NO6. The fourth-order valence-corrected chi connectivity index (χ4v) is 1.92. The molecule has 1 aromatic carbocycles. The standard InChI is InChI=1S/C15H19NO6/c17-7-1-6-16-14(20)11-4-2-10(3-5-11)8-12(15(21)22)9-13(18)19/h2-5,12,17H,1,6-9H2,(H,16,20)(H,18,19)(H,21,22). The van der Waals surface area contributed by atoms with Crippen molar-refractivity contribution < 1.29 is 29.7 Å². The number of aliphatic hydroxyl groups excluding tert-OH is 1. The van der Waals surface area contributed by atoms with Crippen LogP contribution in [0.5, 0.6) is 0 Å². The van der Waals surface area contributed by atoms with E-state index in [4.69, 9.17) is 15.3 Å². The van der Waals surface area contributed by atoms with E-state index in [1.165, 1.54) is 0 Å². The van der Waals surface area contributed by atoms with E-state index in [1.807, 2.05) is 0 Å². The summed E-state index contributed by atoms with van der Waals surface area (Å²) < 4.78 is 0. The molecule has 4 N–H and O–H groups in total. The molecular weight excluding hydrogens is 290 g/mol. The van der Waals surface area contributed by atoms with Crippen molar-refractivity contribution in [2.45, 2.75) is 19.3 Å². The number of carboxylic acids is 2. The molecule has 0 fully saturated rings. The molecule has 1 aromatic rings. The van der Waals surface area contributed by atoms with Gasteiger partial charge in [-0.3, -0.25) is 14.4 Å². The number of nitrogens with one attached hydrogen (secondary N) is 1. The van der Waals surface area contributed by atoms with Gasteiger partial charge in [-0.2, -0.15) is 0 Å². The zero-order chi connectivity index (χ0) is 16.5. The summed E-state index contributed by atoms with van der Waals surface area (Å²) in [5.74, 6) is -3.59. The fourth-order valence-electron chi connectivity index (χ4n) is 1.92. The van der Waals surface area contributed by atoms with E-state index in [0.29, 0.717) is 24.1 Å². The van der Waals surface area contributed by atoms with Gasteiger partial charge in [0.2, 0.25) is 0 Å². The normalized spacial score (nSPS) is 11.7. The number of aliphatic hydroxyl groups is 1. The molecule has 0 spiro atoms. The van der Waals surface area contributed by atoms with Gasteiger partial charge in [0.1, 0.15) is 0 Å². The Labute approximate surface area is 127 Å². The van der Waals surface area contributed by atoms with Crippen LogP contribution in [0.25, 0.3) is 0 Å². The maximum absolute atomic E-state index is 11.7. The van der Waals surface area contributed by atoms with Gasteiger partial charge in [0, 0.05) is 18.7 Å². The Balaban J connectivity index is 2.65. The summed E-state index contributed by atoms with van der Waals surface area (Å²) in [6, 6.07) is 6.34. The molecule has 0 saturated carbocycles. The second-order valence-corrected chi connectivity index (χ2v) is 4.87. The van der Waals surface area contributed by atoms with Crippen molar-refractivity contribution in [2.75, 3.05) is 13.2 Å². The van der Waals surface area contributed by atoms with Crippen molar-refractivity contribution in [3.8, 4) is 0 Å². The third-order valence-corrected chi connectivity index (χ3v) is 3.09. The quantitative estimate of drug-likeness (QED) is 0.493. The van der Waals surface area contributed by atoms with Crippen molar-refractivity contribution in [3.63, 3.8) is 0 Å². The molecule has 0 aliphatic heterocycles. The first-order chi connectivity index (χ1) is 10.4. The molecule has 0 saturated heterocycles. The summed E-state index contributed by atoms with van der Waals surface area (Å²) in [4.78, 5) is 33.4. The zero-order valence-electron chi connectivity index (χ0n) is 12.0. The first-order valence-corrected chi connectivity index (χ1v) is 6.86. The number of rotatable bonds is 9. The molecule has 0 radical (unpaired) electrons. The second-order valence-electron chi connectivity index (χ2n) is 4.87. The van der Waals surface area contributed by atoms with Crippen LogP contribution < -0.4 is 5.32 Å². The van der Waals surface area contributed by atoms with E-state index in [1.54, 1.807) is 24.3 Å². The molecule has 7 heteroatoms. The van der Waals surface area contributed by atoms with E-state index in [9.17, 15) is 14.4 Å². The summed E-state index contributed by atoms with van der Waals surface area (Å²) >= 11 is 0. The number of aliphatic carboxylic acids is 2. The summed E-state index contributed by atoms with van der Waals surface area (Å²) in [5.41, 5.74) is 1.08. The summed E-state index contributed by atoms with van der Waals surface area (Å²) in [7, 11) is 0. The Morgan fingerprint density at radius 2 is 1.73 bits per heavy atom. The highest BCUT2D eigenvalue weighted by Crippen LogP contribution is 2.14. The van der Waals surface area contributed by atoms with Gasteiger partial charge in [-0.1, -0.05) is 12.1 Å². The number of carbonyl (C=O) groups is 3. The molecule has 120 valence electrons. The molecule has 1 unspecified atom stereocenters. The highest BCUT2D eigenvalue weighted by molar-refractivity contribution is 5.94. The Bertz CT molecular complexity index is 525. The van der Waals surface area contributed by atoms with Crippen LogP contribution in [0.1, 0.15) is 28.8 Å². The molecule has 0 bridgehead atoms. The number of hydrogen-bond donors (Lipinski definition) is 4. The highest BCUT2D eigenvalue weighted by atomic mass is 16.4. The fraction of sp³-hybridized carbons (Fsp3) is 0.400. The van der Waals surface area contributed by atoms with Crippen LogP contribution in [0, 0.1) is 5.92 Å². The molecule has 0 aromatic heterocycles. The largest absolute Gasteiger partial charge is 0.481 e. The lowest BCUT2D eigenvalue weighted by Gasteiger charge is -2.10. The van der Waals surface area contributed by atoms with Gasteiger partial charge in [0.25, 0.3) is 5.91 Å². The average molecular weight is 309 g/mol. The molecule has 0 heterocycles. The zero-order valence-corrected chi connectivity index (χ0v) is 12.0. The Hall–Kier alpha value is -2.41. The van der Waals surface area contributed by atoms with E-state index in [2.05, 4.69) is 5.32 Å². The molecule has 7 nitrogen and oxygen atoms in total. The van der Waals surface area contributed by atoms with Crippen LogP contribution in [0.15, 0.2) is 24.3 Å². The lowest BCUT2D eigenvalue weighted by Crippen LogP contribution is -2.25. The number of benzene rings is 1. The Morgan fingerprint density at radius 1 is 1.09 bits per heavy atom. The third kappa shape index (κ3) is 5.92. The molecule has 0 aliphatic rings. The molecule has 0 aliphatic carbocycles. The van der Waals surface area contributed by atoms with Crippen molar-refractivity contribution in [1.29, 1.82) is 0 Å². The topological polar surface area (TPSA) is 124 Å². The van der Waals surface area contributed by atoms with Gasteiger partial charge in [-0.05, 0) is 30.5 Å². The first-order valence-electron chi connectivity index (χ1n) is 6.86. The Kier molecular flexibility index (Phi) is 7.04. The number of carbonyl (C=O) groups excluding carboxylic acids is 1. The monoisotopic (exact) mass is 309 g/mol. The summed E-state index contributed by atoms with van der Waals surface area (Å²) in [6.07, 6.45) is 0.117. The predicted octanol–water partition coefficient (Wildman–Crippen LogP) is 0.517. The maximum atomic E-state index is 11.7. The number of carboxylic acid groups (broad SMARTS) is 2. The molecule has 1 amide bonds. The first kappa shape index (κ1) is 17.6. The van der Waals surface area contributed by atoms with Crippen LogP contribution in [-0.2, 0) is 16.0 Å². The lowest BCUT2D eigenvalue weighted by atomic mass is 9.95. The highest BCUT2D eigenvalue weighted by Gasteiger charge is 2.21. The predicted molar refractivity (Wildman–Crippen MR) is 77.6 cm³/mol. The van der Waals surface area contributed by atoms with Crippen LogP contribution in [0.2, 0.25) is 0 Å². The van der Waals surface area contributed by atoms with Gasteiger partial charge in [0.15, 0.2) is 0 Å². The third-order valence-electron chi connectivity index (χ3n) is 3.09. The summed E-state index contributed by atoms with van der Waals surface area (Å²) in [6.45, 7) is 0.371. The average Bonchev–Trinajstić information content (AvgIpc) is 2.47. The van der Waals surface area contributed by atoms with E-state index < -0.39 is 24.3 Å². The van der Waals surface area contributed by atoms with Crippen molar-refractivity contribution in [3.05, 3.63) is 35.4 Å². The van der Waals surface area contributed by atoms with Crippen LogP contribution >= 0.6 is 0 Å². The molecule has 1 rings (SSSR count). The van der Waals surface area contributed by atoms with Crippen LogP contribution in [-0.4, -0.2) is 46.3 Å².